The zero-order valence-electron chi connectivity index (χ0n) is 23.9. The number of nitrogens with one attached hydrogen (secondary N) is 2. The molecule has 3 N–H and O–H groups in total. The lowest BCUT2D eigenvalue weighted by Crippen LogP contribution is -2.35. The zero-order valence-corrected chi connectivity index (χ0v) is 24.8. The maximum absolute atomic E-state index is 10.3. The SMILES string of the molecule is Cc1nc(NC2(C3CC3)CC2)nc(N[C@@H]2C[C@H](CO)[C@H]3OC(C4CCCCC4)O[C@H]32)c1-c1nc2c(C)nccc2s1. The van der Waals surface area contributed by atoms with Gasteiger partial charge < -0.3 is 25.2 Å². The van der Waals surface area contributed by atoms with E-state index in [9.17, 15) is 5.11 Å². The predicted octanol–water partition coefficient (Wildman–Crippen LogP) is 5.60. The van der Waals surface area contributed by atoms with Gasteiger partial charge in [-0.25, -0.2) is 9.97 Å². The molecule has 9 nitrogen and oxygen atoms in total. The van der Waals surface area contributed by atoms with Gasteiger partial charge in [-0.3, -0.25) is 4.98 Å². The van der Waals surface area contributed by atoms with Crippen LogP contribution in [0.2, 0.25) is 0 Å². The van der Waals surface area contributed by atoms with E-state index < -0.39 is 0 Å². The summed E-state index contributed by atoms with van der Waals surface area (Å²) in [5.74, 6) is 2.69. The Morgan fingerprint density at radius 3 is 2.54 bits per heavy atom. The molecule has 0 amide bonds. The second-order valence-corrected chi connectivity index (χ2v) is 14.1. The first-order valence-electron chi connectivity index (χ1n) is 15.6. The smallest absolute Gasteiger partial charge is 0.225 e. The van der Waals surface area contributed by atoms with Crippen LogP contribution in [0.15, 0.2) is 12.3 Å². The van der Waals surface area contributed by atoms with E-state index in [1.807, 2.05) is 19.2 Å². The molecule has 1 unspecified atom stereocenters. The number of hydrogen-bond donors (Lipinski definition) is 3. The fourth-order valence-corrected chi connectivity index (χ4v) is 8.74. The predicted molar refractivity (Wildman–Crippen MR) is 159 cm³/mol. The summed E-state index contributed by atoms with van der Waals surface area (Å²) in [5.41, 5.74) is 3.85. The highest BCUT2D eigenvalue weighted by molar-refractivity contribution is 7.21. The van der Waals surface area contributed by atoms with E-state index >= 15 is 0 Å². The Balaban J connectivity index is 1.14. The van der Waals surface area contributed by atoms with Crippen molar-refractivity contribution < 1.29 is 14.6 Å². The molecule has 5 atom stereocenters. The van der Waals surface area contributed by atoms with Crippen LogP contribution in [0.25, 0.3) is 20.8 Å². The Morgan fingerprint density at radius 1 is 1.00 bits per heavy atom. The van der Waals surface area contributed by atoms with Gasteiger partial charge in [-0.2, -0.15) is 4.98 Å². The Morgan fingerprint density at radius 2 is 1.80 bits per heavy atom. The summed E-state index contributed by atoms with van der Waals surface area (Å²) in [5, 5.41) is 18.7. The number of rotatable bonds is 8. The minimum atomic E-state index is -0.180. The summed E-state index contributed by atoms with van der Waals surface area (Å²) in [4.78, 5) is 19.6. The largest absolute Gasteiger partial charge is 0.396 e. The summed E-state index contributed by atoms with van der Waals surface area (Å²) >= 11 is 1.65. The highest BCUT2D eigenvalue weighted by atomic mass is 32.1. The molecule has 3 aromatic rings. The number of hydrogen-bond acceptors (Lipinski definition) is 10. The summed E-state index contributed by atoms with van der Waals surface area (Å²) in [7, 11) is 0. The quantitative estimate of drug-likeness (QED) is 0.315. The van der Waals surface area contributed by atoms with Crippen molar-refractivity contribution in [2.24, 2.45) is 17.8 Å². The van der Waals surface area contributed by atoms with Gasteiger partial charge in [0.2, 0.25) is 5.95 Å². The van der Waals surface area contributed by atoms with Gasteiger partial charge in [0.15, 0.2) is 6.29 Å². The Labute approximate surface area is 244 Å². The molecule has 5 fully saturated rings. The number of aryl methyl sites for hydroxylation is 2. The third-order valence-electron chi connectivity index (χ3n) is 10.2. The van der Waals surface area contributed by atoms with Crippen molar-refractivity contribution in [3.63, 3.8) is 0 Å². The molecule has 0 radical (unpaired) electrons. The lowest BCUT2D eigenvalue weighted by molar-refractivity contribution is -0.125. The number of thiazole rings is 1. The molecule has 4 aliphatic carbocycles. The number of pyridine rings is 1. The van der Waals surface area contributed by atoms with Crippen LogP contribution >= 0.6 is 11.3 Å². The van der Waals surface area contributed by atoms with E-state index in [4.69, 9.17) is 24.4 Å². The number of fused-ring (bicyclic) bond motifs is 2. The van der Waals surface area contributed by atoms with Crippen LogP contribution in [-0.2, 0) is 9.47 Å². The molecule has 8 rings (SSSR count). The van der Waals surface area contributed by atoms with Gasteiger partial charge in [0.25, 0.3) is 0 Å². The van der Waals surface area contributed by atoms with Gasteiger partial charge in [-0.05, 0) is 70.8 Å². The number of aromatic nitrogens is 4. The lowest BCUT2D eigenvalue weighted by atomic mass is 9.89. The van der Waals surface area contributed by atoms with Crippen LogP contribution in [0.3, 0.4) is 0 Å². The first kappa shape index (κ1) is 26.2. The van der Waals surface area contributed by atoms with Crippen LogP contribution in [0.1, 0.15) is 75.6 Å². The van der Waals surface area contributed by atoms with Crippen LogP contribution < -0.4 is 10.6 Å². The fourth-order valence-electron chi connectivity index (χ4n) is 7.62. The van der Waals surface area contributed by atoms with Gasteiger partial charge in [-0.15, -0.1) is 11.3 Å². The Kier molecular flexibility index (Phi) is 6.47. The summed E-state index contributed by atoms with van der Waals surface area (Å²) in [6.45, 7) is 4.16. The van der Waals surface area contributed by atoms with Crippen LogP contribution in [-0.4, -0.2) is 61.7 Å². The van der Waals surface area contributed by atoms with Crippen molar-refractivity contribution in [1.29, 1.82) is 0 Å². The Hall–Kier alpha value is -2.40. The van der Waals surface area contributed by atoms with Crippen molar-refractivity contribution in [1.82, 2.24) is 19.9 Å². The van der Waals surface area contributed by atoms with Crippen LogP contribution in [0.5, 0.6) is 0 Å². The van der Waals surface area contributed by atoms with Gasteiger partial charge in [0, 0.05) is 30.2 Å². The molecule has 41 heavy (non-hydrogen) atoms. The first-order chi connectivity index (χ1) is 20.0. The van der Waals surface area contributed by atoms with Crippen molar-refractivity contribution in [2.75, 3.05) is 17.2 Å². The van der Waals surface area contributed by atoms with E-state index in [1.54, 1.807) is 11.3 Å². The van der Waals surface area contributed by atoms with Gasteiger partial charge in [-0.1, -0.05) is 19.3 Å². The van der Waals surface area contributed by atoms with Gasteiger partial charge >= 0.3 is 0 Å². The molecule has 3 aromatic heterocycles. The molecule has 0 bridgehead atoms. The highest BCUT2D eigenvalue weighted by Gasteiger charge is 2.55. The second kappa shape index (κ2) is 10.1. The average molecular weight is 577 g/mol. The van der Waals surface area contributed by atoms with E-state index in [1.165, 1.54) is 44.9 Å². The molecular weight excluding hydrogens is 536 g/mol. The molecule has 1 aliphatic heterocycles. The molecule has 0 spiro atoms. The Bertz CT molecular complexity index is 1450. The van der Waals surface area contributed by atoms with Crippen LogP contribution in [0, 0.1) is 31.6 Å². The average Bonchev–Trinajstić information content (AvgIpc) is 3.85. The van der Waals surface area contributed by atoms with Crippen LogP contribution in [0.4, 0.5) is 11.8 Å². The summed E-state index contributed by atoms with van der Waals surface area (Å²) in [6, 6.07) is 2.00. The standard InChI is InChI=1S/C31H40N6O3S/c1-16-23(28-35-24-17(2)32-13-10-22(24)41-28)27(36-30(33-16)37-31(11-12-31)20-8-9-20)34-21-14-19(15-38)25-26(21)40-29(39-25)18-6-4-3-5-7-18/h10,13,18-21,25-26,29,38H,3-9,11-12,14-15H2,1-2H3,(H2,33,34,36,37)/t19-,21-,25-,26+,29?/m1/s1. The topological polar surface area (TPSA) is 114 Å². The van der Waals surface area contributed by atoms with Gasteiger partial charge in [0.1, 0.15) is 22.4 Å². The zero-order chi connectivity index (χ0) is 27.7. The molecule has 218 valence electrons. The molecule has 10 heteroatoms. The maximum atomic E-state index is 10.3. The van der Waals surface area contributed by atoms with Crippen molar-refractivity contribution in [3.8, 4) is 10.6 Å². The van der Waals surface area contributed by atoms with Crippen molar-refractivity contribution in [3.05, 3.63) is 23.7 Å². The summed E-state index contributed by atoms with van der Waals surface area (Å²) in [6.07, 6.45) is 13.3. The molecule has 4 heterocycles. The third-order valence-corrected chi connectivity index (χ3v) is 11.3. The fraction of sp³-hybridized carbons (Fsp3) is 0.677. The normalized spacial score (nSPS) is 31.0. The minimum Gasteiger partial charge on any atom is -0.396 e. The third kappa shape index (κ3) is 4.71. The molecular formula is C31H40N6O3S. The number of aliphatic hydroxyl groups excluding tert-OH is 1. The molecule has 0 aromatic carbocycles. The van der Waals surface area contributed by atoms with E-state index in [2.05, 4.69) is 22.5 Å². The molecule has 5 aliphatic rings. The highest BCUT2D eigenvalue weighted by Crippen LogP contribution is 2.55. The first-order valence-corrected chi connectivity index (χ1v) is 16.4. The van der Waals surface area contributed by atoms with Crippen molar-refractivity contribution >= 4 is 33.3 Å². The maximum Gasteiger partial charge on any atom is 0.225 e. The number of aliphatic hydroxyl groups is 1. The summed E-state index contributed by atoms with van der Waals surface area (Å²) < 4.78 is 14.3. The number of nitrogens with zero attached hydrogens (tertiary/aromatic N) is 4. The second-order valence-electron chi connectivity index (χ2n) is 13.1. The van der Waals surface area contributed by atoms with E-state index in [0.29, 0.717) is 11.9 Å². The number of anilines is 2. The van der Waals surface area contributed by atoms with E-state index in [0.717, 1.165) is 63.2 Å². The monoisotopic (exact) mass is 576 g/mol. The van der Waals surface area contributed by atoms with E-state index in [-0.39, 0.29) is 42.6 Å². The van der Waals surface area contributed by atoms with Crippen molar-refractivity contribution in [2.45, 2.75) is 108 Å². The lowest BCUT2D eigenvalue weighted by Gasteiger charge is -2.28. The molecule has 1 saturated heterocycles. The minimum absolute atomic E-state index is 0.0252. The van der Waals surface area contributed by atoms with Gasteiger partial charge in [0.05, 0.1) is 33.8 Å². The molecule has 4 saturated carbocycles. The number of ether oxygens (including phenoxy) is 2.